The highest BCUT2D eigenvalue weighted by Crippen LogP contribution is 2.40. The van der Waals surface area contributed by atoms with Crippen molar-refractivity contribution in [1.82, 2.24) is 0 Å². The molecule has 0 atom stereocenters. The first-order valence-electron chi connectivity index (χ1n) is 6.93. The lowest BCUT2D eigenvalue weighted by atomic mass is 10.1. The number of nitrogen functional groups attached to an aromatic ring is 1. The number of rotatable bonds is 3. The first-order valence-corrected chi connectivity index (χ1v) is 7.75. The lowest BCUT2D eigenvalue weighted by molar-refractivity contribution is 0.00763. The molecule has 21 heavy (non-hydrogen) atoms. The minimum Gasteiger partial charge on any atom is -0.469 e. The van der Waals surface area contributed by atoms with E-state index in [1.807, 2.05) is 40.7 Å². The molecule has 0 aliphatic carbocycles. The smallest absolute Gasteiger partial charge is 0.351 e. The molecule has 114 valence electrons. The highest BCUT2D eigenvalue weighted by atomic mass is 32.1. The summed E-state index contributed by atoms with van der Waals surface area (Å²) in [7, 11) is 0. The van der Waals surface area contributed by atoms with E-state index in [0.717, 1.165) is 28.2 Å². The summed E-state index contributed by atoms with van der Waals surface area (Å²) in [6.07, 6.45) is 2.46. The molecule has 5 heteroatoms. The normalized spacial score (nSPS) is 11.7. The molecule has 4 nitrogen and oxygen atoms in total. The first kappa shape index (κ1) is 15.6. The van der Waals surface area contributed by atoms with Crippen LogP contribution in [0.4, 0.5) is 5.69 Å². The summed E-state index contributed by atoms with van der Waals surface area (Å²) in [5.41, 5.74) is 7.96. The van der Waals surface area contributed by atoms with Crippen LogP contribution in [0, 0.1) is 6.92 Å². The van der Waals surface area contributed by atoms with Crippen LogP contribution in [-0.4, -0.2) is 11.6 Å². The number of carbonyl (C=O) groups excluding carboxylic acids is 1. The van der Waals surface area contributed by atoms with Crippen molar-refractivity contribution in [2.24, 2.45) is 0 Å². The molecule has 0 spiro atoms. The van der Waals surface area contributed by atoms with Crippen molar-refractivity contribution in [1.29, 1.82) is 0 Å². The van der Waals surface area contributed by atoms with Gasteiger partial charge in [0.2, 0.25) is 0 Å². The number of aryl methyl sites for hydroxylation is 1. The molecule has 2 aromatic rings. The molecular formula is C16H21NO3S. The minimum atomic E-state index is -0.536. The van der Waals surface area contributed by atoms with Crippen LogP contribution in [0.3, 0.4) is 0 Å². The lowest BCUT2D eigenvalue weighted by Gasteiger charge is -2.19. The van der Waals surface area contributed by atoms with Gasteiger partial charge in [-0.05, 0) is 39.3 Å². The molecule has 0 aromatic carbocycles. The fourth-order valence-corrected chi connectivity index (χ4v) is 3.22. The van der Waals surface area contributed by atoms with Gasteiger partial charge >= 0.3 is 5.97 Å². The maximum Gasteiger partial charge on any atom is 0.351 e. The molecule has 0 aliphatic rings. The topological polar surface area (TPSA) is 65.5 Å². The highest BCUT2D eigenvalue weighted by Gasteiger charge is 2.25. The third kappa shape index (κ3) is 3.13. The van der Waals surface area contributed by atoms with Crippen molar-refractivity contribution < 1.29 is 13.9 Å². The maximum absolute atomic E-state index is 12.3. The van der Waals surface area contributed by atoms with E-state index in [4.69, 9.17) is 14.9 Å². The van der Waals surface area contributed by atoms with Crippen LogP contribution in [0.5, 0.6) is 0 Å². The van der Waals surface area contributed by atoms with Gasteiger partial charge in [-0.15, -0.1) is 11.3 Å². The fraction of sp³-hybridized carbons (Fsp3) is 0.438. The summed E-state index contributed by atoms with van der Waals surface area (Å²) in [5.74, 6) is 0.524. The van der Waals surface area contributed by atoms with E-state index in [1.165, 1.54) is 11.3 Å². The zero-order chi connectivity index (χ0) is 15.8. The van der Waals surface area contributed by atoms with Gasteiger partial charge in [-0.3, -0.25) is 0 Å². The number of ether oxygens (including phenoxy) is 1. The van der Waals surface area contributed by atoms with Gasteiger partial charge in [0.05, 0.1) is 12.0 Å². The summed E-state index contributed by atoms with van der Waals surface area (Å²) in [5, 5.41) is 0. The van der Waals surface area contributed by atoms with Crippen LogP contribution in [0.2, 0.25) is 0 Å². The summed E-state index contributed by atoms with van der Waals surface area (Å²) >= 11 is 1.36. The summed E-state index contributed by atoms with van der Waals surface area (Å²) < 4.78 is 10.9. The number of esters is 1. The Morgan fingerprint density at radius 3 is 2.67 bits per heavy atom. The molecular weight excluding hydrogens is 286 g/mol. The Morgan fingerprint density at radius 2 is 2.10 bits per heavy atom. The fourth-order valence-electron chi connectivity index (χ4n) is 2.08. The number of hydrogen-bond donors (Lipinski definition) is 1. The van der Waals surface area contributed by atoms with Gasteiger partial charge in [0, 0.05) is 16.9 Å². The van der Waals surface area contributed by atoms with Crippen molar-refractivity contribution in [3.8, 4) is 10.4 Å². The van der Waals surface area contributed by atoms with Crippen molar-refractivity contribution in [3.63, 3.8) is 0 Å². The summed E-state index contributed by atoms with van der Waals surface area (Å²) in [6, 6.07) is 1.91. The number of furan rings is 1. The van der Waals surface area contributed by atoms with Crippen molar-refractivity contribution >= 4 is 23.0 Å². The second-order valence-corrected chi connectivity index (χ2v) is 6.93. The predicted octanol–water partition coefficient (Wildman–Crippen LogP) is 4.42. The molecule has 0 bridgehead atoms. The van der Waals surface area contributed by atoms with Gasteiger partial charge in [0.1, 0.15) is 16.2 Å². The minimum absolute atomic E-state index is 0.374. The average molecular weight is 307 g/mol. The monoisotopic (exact) mass is 307 g/mol. The second-order valence-electron chi connectivity index (χ2n) is 5.91. The summed E-state index contributed by atoms with van der Waals surface area (Å²) in [6.45, 7) is 9.47. The van der Waals surface area contributed by atoms with Crippen LogP contribution >= 0.6 is 11.3 Å². The van der Waals surface area contributed by atoms with Crippen LogP contribution in [0.1, 0.15) is 48.7 Å². The Kier molecular flexibility index (Phi) is 4.14. The van der Waals surface area contributed by atoms with E-state index in [-0.39, 0.29) is 5.97 Å². The SMILES string of the molecule is CCc1occc1-c1sc(C(=O)OC(C)(C)C)c(N)c1C. The van der Waals surface area contributed by atoms with E-state index < -0.39 is 5.60 Å². The Morgan fingerprint density at radius 1 is 1.43 bits per heavy atom. The Balaban J connectivity index is 2.44. The Bertz CT molecular complexity index is 662. The molecule has 2 N–H and O–H groups in total. The zero-order valence-electron chi connectivity index (χ0n) is 13.1. The van der Waals surface area contributed by atoms with E-state index in [1.54, 1.807) is 6.26 Å². The van der Waals surface area contributed by atoms with Gasteiger partial charge in [-0.25, -0.2) is 4.79 Å². The molecule has 0 fully saturated rings. The van der Waals surface area contributed by atoms with Gasteiger partial charge in [0.15, 0.2) is 0 Å². The van der Waals surface area contributed by atoms with Gasteiger partial charge < -0.3 is 14.9 Å². The highest BCUT2D eigenvalue weighted by molar-refractivity contribution is 7.18. The van der Waals surface area contributed by atoms with Crippen molar-refractivity contribution in [3.05, 3.63) is 28.5 Å². The molecule has 0 unspecified atom stereocenters. The van der Waals surface area contributed by atoms with Crippen LogP contribution in [0.25, 0.3) is 10.4 Å². The van der Waals surface area contributed by atoms with E-state index in [0.29, 0.717) is 10.6 Å². The van der Waals surface area contributed by atoms with Gasteiger partial charge in [0.25, 0.3) is 0 Å². The van der Waals surface area contributed by atoms with E-state index >= 15 is 0 Å². The molecule has 2 heterocycles. The first-order chi connectivity index (χ1) is 9.74. The second kappa shape index (κ2) is 5.56. The van der Waals surface area contributed by atoms with Gasteiger partial charge in [-0.1, -0.05) is 6.92 Å². The largest absolute Gasteiger partial charge is 0.469 e. The Labute approximate surface area is 128 Å². The van der Waals surface area contributed by atoms with Crippen molar-refractivity contribution in [2.45, 2.75) is 46.6 Å². The average Bonchev–Trinajstić information content (AvgIpc) is 2.94. The maximum atomic E-state index is 12.3. The molecule has 0 amide bonds. The molecule has 0 saturated heterocycles. The molecule has 2 aromatic heterocycles. The number of hydrogen-bond acceptors (Lipinski definition) is 5. The van der Waals surface area contributed by atoms with Crippen LogP contribution in [0.15, 0.2) is 16.7 Å². The molecule has 0 radical (unpaired) electrons. The number of anilines is 1. The third-order valence-corrected chi connectivity index (χ3v) is 4.41. The lowest BCUT2D eigenvalue weighted by Crippen LogP contribution is -2.23. The molecule has 0 aliphatic heterocycles. The third-order valence-electron chi connectivity index (χ3n) is 3.09. The van der Waals surface area contributed by atoms with E-state index in [2.05, 4.69) is 0 Å². The molecule has 2 rings (SSSR count). The standard InChI is InChI=1S/C16H21NO3S/c1-6-11-10(7-8-19-11)13-9(2)12(17)14(21-13)15(18)20-16(3,4)5/h7-8H,6,17H2,1-5H3. The predicted molar refractivity (Wildman–Crippen MR) is 85.7 cm³/mol. The van der Waals surface area contributed by atoms with Gasteiger partial charge in [-0.2, -0.15) is 0 Å². The van der Waals surface area contributed by atoms with E-state index in [9.17, 15) is 4.79 Å². The Hall–Kier alpha value is -1.75. The quantitative estimate of drug-likeness (QED) is 0.853. The summed E-state index contributed by atoms with van der Waals surface area (Å²) in [4.78, 5) is 13.7. The molecule has 0 saturated carbocycles. The number of thiophene rings is 1. The number of carbonyl (C=O) groups is 1. The zero-order valence-corrected chi connectivity index (χ0v) is 13.9. The number of nitrogens with two attached hydrogens (primary N) is 1. The van der Waals surface area contributed by atoms with Crippen LogP contribution < -0.4 is 5.73 Å². The van der Waals surface area contributed by atoms with Crippen molar-refractivity contribution in [2.75, 3.05) is 5.73 Å². The van der Waals surface area contributed by atoms with Crippen LogP contribution in [-0.2, 0) is 11.2 Å².